The molecule has 1 fully saturated rings. The molecule has 2 rings (SSSR count). The van der Waals surface area contributed by atoms with E-state index in [2.05, 4.69) is 14.9 Å². The molecule has 0 aromatic carbocycles. The van der Waals surface area contributed by atoms with Gasteiger partial charge in [-0.1, -0.05) is 0 Å². The van der Waals surface area contributed by atoms with Crippen LogP contribution in [0, 0.1) is 0 Å². The van der Waals surface area contributed by atoms with Crippen LogP contribution in [0.25, 0.3) is 0 Å². The van der Waals surface area contributed by atoms with Gasteiger partial charge in [0.2, 0.25) is 11.8 Å². The van der Waals surface area contributed by atoms with Gasteiger partial charge in [-0.05, 0) is 13.0 Å². The number of rotatable bonds is 4. The Balaban J connectivity index is 1.95. The van der Waals surface area contributed by atoms with Gasteiger partial charge in [0.15, 0.2) is 12.4 Å². The molecule has 0 atom stereocenters. The molecule has 0 aliphatic carbocycles. The second kappa shape index (κ2) is 6.15. The summed E-state index contributed by atoms with van der Waals surface area (Å²) in [5.74, 6) is 0.232. The molecule has 1 aliphatic rings. The molecular weight excluding hydrogens is 289 g/mol. The molecule has 0 saturated carbocycles. The number of piperazine rings is 1. The number of halogens is 3. The number of carbonyl (C=O) groups excluding carboxylic acids is 1. The zero-order valence-corrected chi connectivity index (χ0v) is 11.4. The molecule has 0 radical (unpaired) electrons. The smallest absolute Gasteiger partial charge is 0.422 e. The first-order valence-electron chi connectivity index (χ1n) is 6.45. The minimum Gasteiger partial charge on any atom is -0.467 e. The van der Waals surface area contributed by atoms with Gasteiger partial charge in [-0.15, -0.1) is 10.2 Å². The van der Waals surface area contributed by atoms with Crippen molar-refractivity contribution in [2.45, 2.75) is 13.1 Å². The van der Waals surface area contributed by atoms with Crippen LogP contribution in [0.5, 0.6) is 5.88 Å². The number of likely N-dealkylation sites (N-methyl/N-ethyl adjacent to an activating group) is 1. The van der Waals surface area contributed by atoms with E-state index in [1.54, 1.807) is 9.80 Å². The molecule has 0 unspecified atom stereocenters. The summed E-state index contributed by atoms with van der Waals surface area (Å²) in [6.45, 7) is 2.53. The first-order valence-corrected chi connectivity index (χ1v) is 6.45. The summed E-state index contributed by atoms with van der Waals surface area (Å²) in [5.41, 5.74) is 0. The predicted molar refractivity (Wildman–Crippen MR) is 68.0 cm³/mol. The highest BCUT2D eigenvalue weighted by molar-refractivity contribution is 5.82. The van der Waals surface area contributed by atoms with Crippen LogP contribution in [0.2, 0.25) is 0 Å². The Hall–Kier alpha value is -2.06. The first kappa shape index (κ1) is 15.3. The second-order valence-electron chi connectivity index (χ2n) is 4.53. The number of alkyl halides is 3. The third-order valence-electron chi connectivity index (χ3n) is 3.03. The van der Waals surface area contributed by atoms with Gasteiger partial charge >= 0.3 is 6.18 Å². The van der Waals surface area contributed by atoms with Gasteiger partial charge in [0.1, 0.15) is 0 Å². The molecule has 2 heterocycles. The van der Waals surface area contributed by atoms with Crippen molar-refractivity contribution in [3.05, 3.63) is 12.1 Å². The standard InChI is InChI=1S/C12H15F3N4O2/c1-2-18-5-6-19(7-11(18)20)9-3-4-10(17-16-9)21-8-12(13,14)15/h3-4H,2,5-8H2,1H3. The zero-order valence-electron chi connectivity index (χ0n) is 11.4. The highest BCUT2D eigenvalue weighted by Gasteiger charge is 2.29. The summed E-state index contributed by atoms with van der Waals surface area (Å²) in [6.07, 6.45) is -4.41. The molecule has 1 amide bonds. The lowest BCUT2D eigenvalue weighted by molar-refractivity contribution is -0.154. The quantitative estimate of drug-likeness (QED) is 0.833. The fourth-order valence-electron chi connectivity index (χ4n) is 1.95. The Labute approximate surface area is 119 Å². The van der Waals surface area contributed by atoms with Crippen molar-refractivity contribution in [2.75, 3.05) is 37.7 Å². The number of anilines is 1. The molecule has 9 heteroatoms. The van der Waals surface area contributed by atoms with Crippen LogP contribution < -0.4 is 9.64 Å². The largest absolute Gasteiger partial charge is 0.467 e. The van der Waals surface area contributed by atoms with Crippen LogP contribution in [-0.2, 0) is 4.79 Å². The van der Waals surface area contributed by atoms with Gasteiger partial charge in [0.25, 0.3) is 0 Å². The molecular formula is C12H15F3N4O2. The van der Waals surface area contributed by atoms with Crippen molar-refractivity contribution in [3.8, 4) is 5.88 Å². The zero-order chi connectivity index (χ0) is 15.5. The first-order chi connectivity index (χ1) is 9.89. The van der Waals surface area contributed by atoms with E-state index in [1.807, 2.05) is 6.92 Å². The number of hydrogen-bond donors (Lipinski definition) is 0. The third kappa shape index (κ3) is 4.20. The van der Waals surface area contributed by atoms with Gasteiger partial charge < -0.3 is 14.5 Å². The molecule has 0 bridgehead atoms. The molecule has 6 nitrogen and oxygen atoms in total. The van der Waals surface area contributed by atoms with Gasteiger partial charge in [-0.3, -0.25) is 4.79 Å². The van der Waals surface area contributed by atoms with Crippen LogP contribution in [0.1, 0.15) is 6.92 Å². The minimum atomic E-state index is -4.41. The van der Waals surface area contributed by atoms with E-state index in [4.69, 9.17) is 0 Å². The molecule has 116 valence electrons. The number of carbonyl (C=O) groups is 1. The maximum absolute atomic E-state index is 12.0. The fourth-order valence-corrected chi connectivity index (χ4v) is 1.95. The molecule has 1 saturated heterocycles. The van der Waals surface area contributed by atoms with E-state index in [9.17, 15) is 18.0 Å². The summed E-state index contributed by atoms with van der Waals surface area (Å²) in [6, 6.07) is 2.80. The van der Waals surface area contributed by atoms with Crippen molar-refractivity contribution in [1.82, 2.24) is 15.1 Å². The number of amides is 1. The van der Waals surface area contributed by atoms with Gasteiger partial charge in [0.05, 0.1) is 6.54 Å². The van der Waals surface area contributed by atoms with Gasteiger partial charge in [0, 0.05) is 25.7 Å². The van der Waals surface area contributed by atoms with E-state index in [-0.39, 0.29) is 18.3 Å². The van der Waals surface area contributed by atoms with E-state index in [0.717, 1.165) is 0 Å². The lowest BCUT2D eigenvalue weighted by Crippen LogP contribution is -2.50. The molecule has 1 aliphatic heterocycles. The summed E-state index contributed by atoms with van der Waals surface area (Å²) in [4.78, 5) is 15.2. The average molecular weight is 304 g/mol. The van der Waals surface area contributed by atoms with Crippen molar-refractivity contribution >= 4 is 11.7 Å². The Kier molecular flexibility index (Phi) is 4.49. The predicted octanol–water partition coefficient (Wildman–Crippen LogP) is 1.09. The fraction of sp³-hybridized carbons (Fsp3) is 0.583. The normalized spacial score (nSPS) is 16.3. The Morgan fingerprint density at radius 3 is 2.57 bits per heavy atom. The lowest BCUT2D eigenvalue weighted by atomic mass is 10.3. The second-order valence-corrected chi connectivity index (χ2v) is 4.53. The van der Waals surface area contributed by atoms with Crippen molar-refractivity contribution in [1.29, 1.82) is 0 Å². The third-order valence-corrected chi connectivity index (χ3v) is 3.03. The molecule has 1 aromatic rings. The molecule has 0 spiro atoms. The average Bonchev–Trinajstić information content (AvgIpc) is 2.45. The van der Waals surface area contributed by atoms with Crippen LogP contribution in [0.4, 0.5) is 19.0 Å². The monoisotopic (exact) mass is 304 g/mol. The van der Waals surface area contributed by atoms with E-state index >= 15 is 0 Å². The highest BCUT2D eigenvalue weighted by atomic mass is 19.4. The Morgan fingerprint density at radius 2 is 2.05 bits per heavy atom. The Morgan fingerprint density at radius 1 is 1.29 bits per heavy atom. The van der Waals surface area contributed by atoms with Crippen molar-refractivity contribution in [2.24, 2.45) is 0 Å². The van der Waals surface area contributed by atoms with Gasteiger partial charge in [-0.25, -0.2) is 0 Å². The van der Waals surface area contributed by atoms with Crippen LogP contribution in [0.15, 0.2) is 12.1 Å². The number of ether oxygens (including phenoxy) is 1. The summed E-state index contributed by atoms with van der Waals surface area (Å²) < 4.78 is 40.5. The van der Waals surface area contributed by atoms with Gasteiger partial charge in [-0.2, -0.15) is 13.2 Å². The lowest BCUT2D eigenvalue weighted by Gasteiger charge is -2.34. The van der Waals surface area contributed by atoms with E-state index in [0.29, 0.717) is 25.5 Å². The summed E-state index contributed by atoms with van der Waals surface area (Å²) in [7, 11) is 0. The molecule has 0 N–H and O–H groups in total. The van der Waals surface area contributed by atoms with Crippen LogP contribution in [0.3, 0.4) is 0 Å². The Bertz CT molecular complexity index is 492. The topological polar surface area (TPSA) is 58.6 Å². The maximum atomic E-state index is 12.0. The maximum Gasteiger partial charge on any atom is 0.422 e. The minimum absolute atomic E-state index is 0.0112. The SMILES string of the molecule is CCN1CCN(c2ccc(OCC(F)(F)F)nn2)CC1=O. The summed E-state index contributed by atoms with van der Waals surface area (Å²) in [5, 5.41) is 7.38. The highest BCUT2D eigenvalue weighted by Crippen LogP contribution is 2.19. The van der Waals surface area contributed by atoms with E-state index < -0.39 is 12.8 Å². The number of aromatic nitrogens is 2. The van der Waals surface area contributed by atoms with Crippen LogP contribution >= 0.6 is 0 Å². The van der Waals surface area contributed by atoms with E-state index in [1.165, 1.54) is 12.1 Å². The molecule has 21 heavy (non-hydrogen) atoms. The van der Waals surface area contributed by atoms with Crippen molar-refractivity contribution < 1.29 is 22.7 Å². The van der Waals surface area contributed by atoms with Crippen molar-refractivity contribution in [3.63, 3.8) is 0 Å². The van der Waals surface area contributed by atoms with Crippen LogP contribution in [-0.4, -0.2) is 60.0 Å². The summed E-state index contributed by atoms with van der Waals surface area (Å²) >= 11 is 0. The number of hydrogen-bond acceptors (Lipinski definition) is 5. The molecule has 1 aromatic heterocycles. The number of nitrogens with zero attached hydrogens (tertiary/aromatic N) is 4.